The van der Waals surface area contributed by atoms with Gasteiger partial charge in [0.05, 0.1) is 7.11 Å². The Labute approximate surface area is 101 Å². The molecule has 4 heteroatoms. The van der Waals surface area contributed by atoms with Crippen LogP contribution in [0.4, 0.5) is 0 Å². The Morgan fingerprint density at radius 1 is 1.59 bits per heavy atom. The van der Waals surface area contributed by atoms with Crippen molar-refractivity contribution in [3.8, 4) is 5.75 Å². The predicted molar refractivity (Wildman–Crippen MR) is 66.4 cm³/mol. The van der Waals surface area contributed by atoms with Crippen molar-refractivity contribution in [1.29, 1.82) is 0 Å². The van der Waals surface area contributed by atoms with Gasteiger partial charge in [-0.25, -0.2) is 0 Å². The largest absolute Gasteiger partial charge is 0.497 e. The molecule has 0 bridgehead atoms. The molecule has 2 N–H and O–H groups in total. The van der Waals surface area contributed by atoms with E-state index in [0.717, 1.165) is 13.0 Å². The molecule has 2 rings (SSSR count). The third kappa shape index (κ3) is 3.20. The lowest BCUT2D eigenvalue weighted by Gasteiger charge is -2.11. The zero-order valence-electron chi connectivity index (χ0n) is 10.0. The summed E-state index contributed by atoms with van der Waals surface area (Å²) in [5.74, 6) is 0.661. The fourth-order valence-corrected chi connectivity index (χ4v) is 2.01. The van der Waals surface area contributed by atoms with Crippen LogP contribution in [0, 0.1) is 0 Å². The van der Waals surface area contributed by atoms with Crippen LogP contribution in [0.15, 0.2) is 24.3 Å². The number of ether oxygens (including phenoxy) is 1. The Morgan fingerprint density at radius 2 is 2.47 bits per heavy atom. The maximum Gasteiger partial charge on any atom is 0.251 e. The maximum absolute atomic E-state index is 11.9. The predicted octanol–water partition coefficient (Wildman–Crippen LogP) is 1.18. The molecule has 1 aliphatic rings. The zero-order valence-corrected chi connectivity index (χ0v) is 10.0. The first-order chi connectivity index (χ1) is 8.29. The number of hydrogen-bond donors (Lipinski definition) is 2. The number of rotatable bonds is 4. The topological polar surface area (TPSA) is 50.4 Å². The molecule has 17 heavy (non-hydrogen) atoms. The van der Waals surface area contributed by atoms with Crippen molar-refractivity contribution in [1.82, 2.24) is 10.6 Å². The van der Waals surface area contributed by atoms with Crippen molar-refractivity contribution in [3.63, 3.8) is 0 Å². The third-order valence-corrected chi connectivity index (χ3v) is 3.00. The van der Waals surface area contributed by atoms with Gasteiger partial charge in [0.25, 0.3) is 5.91 Å². The highest BCUT2D eigenvalue weighted by atomic mass is 16.5. The van der Waals surface area contributed by atoms with Gasteiger partial charge < -0.3 is 15.4 Å². The van der Waals surface area contributed by atoms with Crippen molar-refractivity contribution < 1.29 is 9.53 Å². The van der Waals surface area contributed by atoms with E-state index in [-0.39, 0.29) is 5.91 Å². The number of methoxy groups -OCH3 is 1. The van der Waals surface area contributed by atoms with Crippen molar-refractivity contribution in [2.75, 3.05) is 20.2 Å². The smallest absolute Gasteiger partial charge is 0.251 e. The monoisotopic (exact) mass is 234 g/mol. The molecule has 0 aliphatic carbocycles. The van der Waals surface area contributed by atoms with Crippen LogP contribution in [-0.2, 0) is 0 Å². The third-order valence-electron chi connectivity index (χ3n) is 3.00. The minimum Gasteiger partial charge on any atom is -0.497 e. The molecule has 1 aliphatic heterocycles. The lowest BCUT2D eigenvalue weighted by atomic mass is 10.2. The van der Waals surface area contributed by atoms with E-state index < -0.39 is 0 Å². The van der Waals surface area contributed by atoms with Gasteiger partial charge in [-0.2, -0.15) is 0 Å². The molecular weight excluding hydrogens is 216 g/mol. The quantitative estimate of drug-likeness (QED) is 0.822. The highest BCUT2D eigenvalue weighted by Crippen LogP contribution is 2.12. The zero-order chi connectivity index (χ0) is 12.1. The molecule has 1 fully saturated rings. The van der Waals surface area contributed by atoms with Crippen LogP contribution in [0.1, 0.15) is 23.2 Å². The molecule has 0 spiro atoms. The molecule has 0 aromatic heterocycles. The van der Waals surface area contributed by atoms with Crippen LogP contribution in [0.25, 0.3) is 0 Å². The standard InChI is InChI=1S/C13H18N2O2/c1-17-12-6-2-4-10(8-12)13(16)15-9-11-5-3-7-14-11/h2,4,6,8,11,14H,3,5,7,9H2,1H3,(H,15,16). The van der Waals surface area contributed by atoms with Crippen LogP contribution < -0.4 is 15.4 Å². The molecule has 1 heterocycles. The Kier molecular flexibility index (Phi) is 3.98. The van der Waals surface area contributed by atoms with Gasteiger partial charge in [-0.3, -0.25) is 4.79 Å². The fourth-order valence-electron chi connectivity index (χ4n) is 2.01. The Hall–Kier alpha value is -1.55. The number of carbonyl (C=O) groups is 1. The summed E-state index contributed by atoms with van der Waals surface area (Å²) in [4.78, 5) is 11.9. The minimum absolute atomic E-state index is 0.0439. The summed E-state index contributed by atoms with van der Waals surface area (Å²) in [5, 5.41) is 6.28. The van der Waals surface area contributed by atoms with Crippen molar-refractivity contribution in [2.45, 2.75) is 18.9 Å². The number of amides is 1. The number of benzene rings is 1. The van der Waals surface area contributed by atoms with Crippen molar-refractivity contribution >= 4 is 5.91 Å². The molecule has 0 saturated carbocycles. The molecule has 1 aromatic carbocycles. The van der Waals surface area contributed by atoms with E-state index in [1.807, 2.05) is 12.1 Å². The second kappa shape index (κ2) is 5.68. The van der Waals surface area contributed by atoms with Crippen LogP contribution >= 0.6 is 0 Å². The van der Waals surface area contributed by atoms with Crippen molar-refractivity contribution in [3.05, 3.63) is 29.8 Å². The highest BCUT2D eigenvalue weighted by Gasteiger charge is 2.15. The van der Waals surface area contributed by atoms with E-state index in [0.29, 0.717) is 23.9 Å². The average Bonchev–Trinajstić information content (AvgIpc) is 2.89. The normalized spacial score (nSPS) is 19.0. The SMILES string of the molecule is COc1cccc(C(=O)NCC2CCCN2)c1. The van der Waals surface area contributed by atoms with Gasteiger partial charge in [-0.15, -0.1) is 0 Å². The summed E-state index contributed by atoms with van der Waals surface area (Å²) >= 11 is 0. The van der Waals surface area contributed by atoms with Crippen LogP contribution in [-0.4, -0.2) is 32.1 Å². The van der Waals surface area contributed by atoms with Gasteiger partial charge in [0.1, 0.15) is 5.75 Å². The van der Waals surface area contributed by atoms with E-state index in [9.17, 15) is 4.79 Å². The first-order valence-corrected chi connectivity index (χ1v) is 5.95. The highest BCUT2D eigenvalue weighted by molar-refractivity contribution is 5.94. The first kappa shape index (κ1) is 11.9. The lowest BCUT2D eigenvalue weighted by molar-refractivity contribution is 0.0950. The van der Waals surface area contributed by atoms with E-state index in [1.54, 1.807) is 19.2 Å². The van der Waals surface area contributed by atoms with Gasteiger partial charge in [0, 0.05) is 18.2 Å². The van der Waals surface area contributed by atoms with Crippen LogP contribution in [0.5, 0.6) is 5.75 Å². The Morgan fingerprint density at radius 3 is 3.18 bits per heavy atom. The van der Waals surface area contributed by atoms with Gasteiger partial charge in [-0.05, 0) is 37.6 Å². The Bertz CT molecular complexity index is 387. The van der Waals surface area contributed by atoms with Gasteiger partial charge in [-0.1, -0.05) is 6.07 Å². The number of hydrogen-bond acceptors (Lipinski definition) is 3. The molecule has 0 radical (unpaired) electrons. The molecule has 1 saturated heterocycles. The first-order valence-electron chi connectivity index (χ1n) is 5.95. The number of nitrogens with one attached hydrogen (secondary N) is 2. The Balaban J connectivity index is 1.89. The molecule has 4 nitrogen and oxygen atoms in total. The lowest BCUT2D eigenvalue weighted by Crippen LogP contribution is -2.37. The van der Waals surface area contributed by atoms with E-state index in [4.69, 9.17) is 4.74 Å². The average molecular weight is 234 g/mol. The molecule has 1 aromatic rings. The minimum atomic E-state index is -0.0439. The molecule has 1 amide bonds. The summed E-state index contributed by atoms with van der Waals surface area (Å²) in [6.07, 6.45) is 2.33. The molecule has 92 valence electrons. The molecular formula is C13H18N2O2. The van der Waals surface area contributed by atoms with Gasteiger partial charge >= 0.3 is 0 Å². The van der Waals surface area contributed by atoms with Crippen molar-refractivity contribution in [2.24, 2.45) is 0 Å². The number of carbonyl (C=O) groups excluding carboxylic acids is 1. The van der Waals surface area contributed by atoms with Crippen LogP contribution in [0.2, 0.25) is 0 Å². The summed E-state index contributed by atoms with van der Waals surface area (Å²) in [7, 11) is 1.60. The maximum atomic E-state index is 11.9. The summed E-state index contributed by atoms with van der Waals surface area (Å²) in [5.41, 5.74) is 0.641. The second-order valence-corrected chi connectivity index (χ2v) is 4.24. The van der Waals surface area contributed by atoms with E-state index >= 15 is 0 Å². The second-order valence-electron chi connectivity index (χ2n) is 4.24. The summed E-state index contributed by atoms with van der Waals surface area (Å²) < 4.78 is 5.09. The molecule has 1 unspecified atom stereocenters. The van der Waals surface area contributed by atoms with Crippen LogP contribution in [0.3, 0.4) is 0 Å². The summed E-state index contributed by atoms with van der Waals surface area (Å²) in [6, 6.07) is 7.61. The molecule has 1 atom stereocenters. The fraction of sp³-hybridized carbons (Fsp3) is 0.462. The van der Waals surface area contributed by atoms with E-state index in [2.05, 4.69) is 10.6 Å². The van der Waals surface area contributed by atoms with Gasteiger partial charge in [0.15, 0.2) is 0 Å². The summed E-state index contributed by atoms with van der Waals surface area (Å²) in [6.45, 7) is 1.75. The van der Waals surface area contributed by atoms with Gasteiger partial charge in [0.2, 0.25) is 0 Å². The van der Waals surface area contributed by atoms with E-state index in [1.165, 1.54) is 6.42 Å².